The third kappa shape index (κ3) is 3.58. The van der Waals surface area contributed by atoms with Crippen LogP contribution in [0.25, 0.3) is 0 Å². The number of hydrogen-bond acceptors (Lipinski definition) is 1. The van der Waals surface area contributed by atoms with Crippen molar-refractivity contribution in [2.24, 2.45) is 0 Å². The second-order valence-electron chi connectivity index (χ2n) is 5.10. The lowest BCUT2D eigenvalue weighted by molar-refractivity contribution is -0.132. The van der Waals surface area contributed by atoms with Crippen LogP contribution in [-0.4, -0.2) is 23.9 Å². The Morgan fingerprint density at radius 1 is 1.22 bits per heavy atom. The fourth-order valence-corrected chi connectivity index (χ4v) is 2.71. The Morgan fingerprint density at radius 3 is 2.44 bits per heavy atom. The van der Waals surface area contributed by atoms with E-state index >= 15 is 0 Å². The number of nitrogens with zero attached hydrogens (tertiary/aromatic N) is 1. The molecule has 1 aliphatic rings. The lowest BCUT2D eigenvalue weighted by Crippen LogP contribution is -2.36. The van der Waals surface area contributed by atoms with Crippen LogP contribution in [0.3, 0.4) is 0 Å². The quantitative estimate of drug-likeness (QED) is 0.827. The van der Waals surface area contributed by atoms with E-state index in [1.54, 1.807) is 0 Å². The summed E-state index contributed by atoms with van der Waals surface area (Å²) in [6.07, 6.45) is 4.23. The number of amides is 1. The Balaban J connectivity index is 1.91. The molecule has 1 aromatic rings. The van der Waals surface area contributed by atoms with E-state index in [2.05, 4.69) is 35.0 Å². The summed E-state index contributed by atoms with van der Waals surface area (Å²) in [5, 5.41) is 0. The van der Waals surface area contributed by atoms with Crippen molar-refractivity contribution in [2.75, 3.05) is 13.1 Å². The molecule has 1 aliphatic heterocycles. The highest BCUT2D eigenvalue weighted by atomic mass is 79.9. The van der Waals surface area contributed by atoms with Crippen LogP contribution in [0.1, 0.15) is 44.1 Å². The number of halogens is 1. The van der Waals surface area contributed by atoms with Gasteiger partial charge < -0.3 is 4.90 Å². The number of likely N-dealkylation sites (tertiary alicyclic amines) is 1. The Kier molecular flexibility index (Phi) is 4.81. The molecule has 0 saturated carbocycles. The molecule has 1 fully saturated rings. The Labute approximate surface area is 117 Å². The summed E-state index contributed by atoms with van der Waals surface area (Å²) in [6, 6.07) is 8.27. The molecular formula is C15H20BrNO. The summed E-state index contributed by atoms with van der Waals surface area (Å²) in [4.78, 5) is 14.2. The monoisotopic (exact) mass is 309 g/mol. The molecule has 0 unspecified atom stereocenters. The van der Waals surface area contributed by atoms with Gasteiger partial charge in [0.15, 0.2) is 0 Å². The topological polar surface area (TPSA) is 20.3 Å². The average Bonchev–Trinajstić information content (AvgIpc) is 2.40. The Bertz CT molecular complexity index is 395. The lowest BCUT2D eigenvalue weighted by Gasteiger charge is -2.28. The number of carbonyl (C=O) groups excluding carboxylic acids is 1. The molecule has 0 aromatic heterocycles. The van der Waals surface area contributed by atoms with Gasteiger partial charge in [0.05, 0.1) is 0 Å². The van der Waals surface area contributed by atoms with Gasteiger partial charge in [0.25, 0.3) is 0 Å². The first kappa shape index (κ1) is 13.6. The van der Waals surface area contributed by atoms with Crippen LogP contribution in [0.5, 0.6) is 0 Å². The highest BCUT2D eigenvalue weighted by Gasteiger charge is 2.19. The zero-order valence-electron chi connectivity index (χ0n) is 10.9. The summed E-state index contributed by atoms with van der Waals surface area (Å²) in [6.45, 7) is 4.03. The van der Waals surface area contributed by atoms with Gasteiger partial charge in [-0.3, -0.25) is 4.79 Å². The van der Waals surface area contributed by atoms with E-state index in [-0.39, 0.29) is 0 Å². The summed E-state index contributed by atoms with van der Waals surface area (Å²) in [7, 11) is 0. The SMILES string of the molecule is C[C@H](CC(=O)N1CCCCC1)c1ccc(Br)cc1. The van der Waals surface area contributed by atoms with E-state index < -0.39 is 0 Å². The van der Waals surface area contributed by atoms with Crippen molar-refractivity contribution in [1.29, 1.82) is 0 Å². The van der Waals surface area contributed by atoms with E-state index in [1.165, 1.54) is 24.8 Å². The lowest BCUT2D eigenvalue weighted by atomic mass is 9.97. The minimum atomic E-state index is 0.299. The summed E-state index contributed by atoms with van der Waals surface area (Å²) < 4.78 is 1.08. The van der Waals surface area contributed by atoms with Gasteiger partial charge in [-0.1, -0.05) is 35.0 Å². The molecule has 1 saturated heterocycles. The maximum absolute atomic E-state index is 12.2. The number of benzene rings is 1. The van der Waals surface area contributed by atoms with Gasteiger partial charge in [0.1, 0.15) is 0 Å². The van der Waals surface area contributed by atoms with Crippen molar-refractivity contribution >= 4 is 21.8 Å². The van der Waals surface area contributed by atoms with Crippen LogP contribution in [-0.2, 0) is 4.79 Å². The van der Waals surface area contributed by atoms with Crippen LogP contribution < -0.4 is 0 Å². The zero-order chi connectivity index (χ0) is 13.0. The normalized spacial score (nSPS) is 17.6. The summed E-state index contributed by atoms with van der Waals surface area (Å²) in [5.74, 6) is 0.609. The van der Waals surface area contributed by atoms with Crippen LogP contribution in [0, 0.1) is 0 Å². The molecule has 2 nitrogen and oxygen atoms in total. The van der Waals surface area contributed by atoms with Gasteiger partial charge in [-0.2, -0.15) is 0 Å². The van der Waals surface area contributed by atoms with E-state index in [9.17, 15) is 4.79 Å². The first-order valence-corrected chi connectivity index (χ1v) is 7.49. The summed E-state index contributed by atoms with van der Waals surface area (Å²) in [5.41, 5.74) is 1.24. The standard InChI is InChI=1S/C15H20BrNO/c1-12(13-5-7-14(16)8-6-13)11-15(18)17-9-3-2-4-10-17/h5-8,12H,2-4,9-11H2,1H3/t12-/m1/s1. The molecule has 1 aromatic carbocycles. The number of carbonyl (C=O) groups is 1. The van der Waals surface area contributed by atoms with Gasteiger partial charge in [-0.25, -0.2) is 0 Å². The highest BCUT2D eigenvalue weighted by Crippen LogP contribution is 2.23. The van der Waals surface area contributed by atoms with Gasteiger partial charge in [-0.05, 0) is 42.9 Å². The number of piperidine rings is 1. The van der Waals surface area contributed by atoms with Crippen molar-refractivity contribution in [3.8, 4) is 0 Å². The van der Waals surface area contributed by atoms with Gasteiger partial charge in [-0.15, -0.1) is 0 Å². The third-order valence-corrected chi connectivity index (χ3v) is 4.16. The molecule has 1 amide bonds. The molecule has 2 rings (SSSR count). The average molecular weight is 310 g/mol. The van der Waals surface area contributed by atoms with Gasteiger partial charge in [0.2, 0.25) is 5.91 Å². The predicted octanol–water partition coefficient (Wildman–Crippen LogP) is 3.96. The maximum atomic E-state index is 12.2. The fraction of sp³-hybridized carbons (Fsp3) is 0.533. The molecule has 98 valence electrons. The Morgan fingerprint density at radius 2 is 1.83 bits per heavy atom. The fourth-order valence-electron chi connectivity index (χ4n) is 2.44. The molecule has 0 radical (unpaired) electrons. The van der Waals surface area contributed by atoms with Crippen LogP contribution in [0.15, 0.2) is 28.7 Å². The van der Waals surface area contributed by atoms with Crippen molar-refractivity contribution in [3.05, 3.63) is 34.3 Å². The van der Waals surface area contributed by atoms with Gasteiger partial charge in [0, 0.05) is 24.0 Å². The first-order chi connectivity index (χ1) is 8.66. The van der Waals surface area contributed by atoms with Gasteiger partial charge >= 0.3 is 0 Å². The molecule has 0 aliphatic carbocycles. The molecule has 1 heterocycles. The smallest absolute Gasteiger partial charge is 0.223 e. The molecule has 0 bridgehead atoms. The molecule has 18 heavy (non-hydrogen) atoms. The van der Waals surface area contributed by atoms with Crippen LogP contribution in [0.2, 0.25) is 0 Å². The highest BCUT2D eigenvalue weighted by molar-refractivity contribution is 9.10. The van der Waals surface area contributed by atoms with Crippen molar-refractivity contribution in [2.45, 2.75) is 38.5 Å². The predicted molar refractivity (Wildman–Crippen MR) is 77.6 cm³/mol. The third-order valence-electron chi connectivity index (χ3n) is 3.63. The first-order valence-electron chi connectivity index (χ1n) is 6.70. The molecule has 3 heteroatoms. The second-order valence-corrected chi connectivity index (χ2v) is 6.01. The summed E-state index contributed by atoms with van der Waals surface area (Å²) >= 11 is 3.43. The largest absolute Gasteiger partial charge is 0.343 e. The van der Waals surface area contributed by atoms with Crippen molar-refractivity contribution in [3.63, 3.8) is 0 Å². The molecule has 0 spiro atoms. The molecular weight excluding hydrogens is 290 g/mol. The minimum absolute atomic E-state index is 0.299. The van der Waals surface area contributed by atoms with Crippen molar-refractivity contribution in [1.82, 2.24) is 4.90 Å². The van der Waals surface area contributed by atoms with E-state index in [0.717, 1.165) is 17.6 Å². The van der Waals surface area contributed by atoms with E-state index in [4.69, 9.17) is 0 Å². The Hall–Kier alpha value is -0.830. The molecule has 1 atom stereocenters. The van der Waals surface area contributed by atoms with E-state index in [0.29, 0.717) is 18.2 Å². The second kappa shape index (κ2) is 6.37. The van der Waals surface area contributed by atoms with Crippen LogP contribution >= 0.6 is 15.9 Å². The van der Waals surface area contributed by atoms with Crippen molar-refractivity contribution < 1.29 is 4.79 Å². The molecule has 0 N–H and O–H groups in total. The zero-order valence-corrected chi connectivity index (χ0v) is 12.4. The van der Waals surface area contributed by atoms with E-state index in [1.807, 2.05) is 17.0 Å². The minimum Gasteiger partial charge on any atom is -0.343 e. The number of hydrogen-bond donors (Lipinski definition) is 0. The number of rotatable bonds is 3. The van der Waals surface area contributed by atoms with Crippen LogP contribution in [0.4, 0.5) is 0 Å². The maximum Gasteiger partial charge on any atom is 0.223 e.